The van der Waals surface area contributed by atoms with Gasteiger partial charge < -0.3 is 19.6 Å². The molecule has 0 bridgehead atoms. The van der Waals surface area contributed by atoms with E-state index in [-0.39, 0.29) is 11.5 Å². The maximum absolute atomic E-state index is 11.6. The summed E-state index contributed by atoms with van der Waals surface area (Å²) in [5.41, 5.74) is 1.25. The van der Waals surface area contributed by atoms with Crippen molar-refractivity contribution in [2.24, 2.45) is 11.3 Å². The molecule has 0 spiro atoms. The van der Waals surface area contributed by atoms with Crippen molar-refractivity contribution in [1.82, 2.24) is 9.80 Å². The Bertz CT molecular complexity index is 493. The Kier molecular flexibility index (Phi) is 5.09. The molecule has 2 heterocycles. The molecule has 2 unspecified atom stereocenters. The number of ether oxygens (including phenoxy) is 1. The van der Waals surface area contributed by atoms with Gasteiger partial charge in [0.25, 0.3) is 0 Å². The van der Waals surface area contributed by atoms with Crippen LogP contribution in [0.3, 0.4) is 0 Å². The quantitative estimate of drug-likeness (QED) is 0.853. The van der Waals surface area contributed by atoms with Gasteiger partial charge in [-0.25, -0.2) is 4.79 Å². The Morgan fingerprint density at radius 2 is 2.08 bits per heavy atom. The van der Waals surface area contributed by atoms with E-state index >= 15 is 0 Å². The molecule has 0 aromatic heterocycles. The fourth-order valence-corrected chi connectivity index (χ4v) is 3.86. The van der Waals surface area contributed by atoms with Crippen LogP contribution in [0.25, 0.3) is 0 Å². The molecule has 3 aliphatic rings. The van der Waals surface area contributed by atoms with E-state index in [4.69, 9.17) is 4.74 Å². The van der Waals surface area contributed by atoms with Crippen LogP contribution in [0.15, 0.2) is 11.8 Å². The van der Waals surface area contributed by atoms with Crippen LogP contribution < -0.4 is 0 Å². The van der Waals surface area contributed by atoms with E-state index in [0.717, 1.165) is 44.9 Å². The number of piperidine rings is 1. The van der Waals surface area contributed by atoms with E-state index in [9.17, 15) is 9.90 Å². The van der Waals surface area contributed by atoms with Gasteiger partial charge in [0.1, 0.15) is 0 Å². The van der Waals surface area contributed by atoms with Crippen LogP contribution in [0, 0.1) is 11.3 Å². The molecule has 2 atom stereocenters. The zero-order valence-corrected chi connectivity index (χ0v) is 15.3. The van der Waals surface area contributed by atoms with Crippen molar-refractivity contribution in [2.75, 3.05) is 26.2 Å². The SMILES string of the molecule is CC(C)(C)C1CC(N2CCCC(OCC3CC3)C2)=CCN1C(=O)O. The molecule has 0 radical (unpaired) electrons. The molecule has 1 saturated carbocycles. The monoisotopic (exact) mass is 336 g/mol. The van der Waals surface area contributed by atoms with Gasteiger partial charge in [-0.2, -0.15) is 0 Å². The molecule has 0 aromatic carbocycles. The first-order valence-electron chi connectivity index (χ1n) is 9.39. The minimum absolute atomic E-state index is 0.0303. The third-order valence-corrected chi connectivity index (χ3v) is 5.60. The molecule has 0 aromatic rings. The van der Waals surface area contributed by atoms with Crippen LogP contribution in [0.2, 0.25) is 0 Å². The van der Waals surface area contributed by atoms with Crippen molar-refractivity contribution < 1.29 is 14.6 Å². The van der Waals surface area contributed by atoms with Crippen LogP contribution in [0.5, 0.6) is 0 Å². The summed E-state index contributed by atoms with van der Waals surface area (Å²) in [6.45, 7) is 9.85. The Morgan fingerprint density at radius 1 is 1.33 bits per heavy atom. The van der Waals surface area contributed by atoms with E-state index in [0.29, 0.717) is 12.6 Å². The lowest BCUT2D eigenvalue weighted by Gasteiger charge is -2.45. The first-order valence-corrected chi connectivity index (χ1v) is 9.39. The summed E-state index contributed by atoms with van der Waals surface area (Å²) < 4.78 is 6.11. The molecule has 24 heavy (non-hydrogen) atoms. The van der Waals surface area contributed by atoms with Gasteiger partial charge in [0.2, 0.25) is 0 Å². The second-order valence-electron chi connectivity index (χ2n) is 8.70. The lowest BCUT2D eigenvalue weighted by atomic mass is 9.81. The van der Waals surface area contributed by atoms with Crippen LogP contribution in [0.4, 0.5) is 4.79 Å². The Labute approximate surface area is 145 Å². The second-order valence-corrected chi connectivity index (χ2v) is 8.70. The van der Waals surface area contributed by atoms with Gasteiger partial charge in [0.05, 0.1) is 6.10 Å². The van der Waals surface area contributed by atoms with E-state index in [1.165, 1.54) is 18.5 Å². The second kappa shape index (κ2) is 6.95. The fraction of sp³-hybridized carbons (Fsp3) is 0.842. The highest BCUT2D eigenvalue weighted by Gasteiger charge is 2.37. The first kappa shape index (κ1) is 17.6. The highest BCUT2D eigenvalue weighted by molar-refractivity contribution is 5.66. The zero-order chi connectivity index (χ0) is 17.3. The predicted octanol–water partition coefficient (Wildman–Crippen LogP) is 3.56. The van der Waals surface area contributed by atoms with E-state index in [2.05, 4.69) is 31.7 Å². The summed E-state index contributed by atoms with van der Waals surface area (Å²) in [4.78, 5) is 15.6. The number of amides is 1. The Balaban J connectivity index is 1.63. The standard InChI is InChI=1S/C19H32N2O3/c1-19(2,3)17-11-15(8-10-21(17)18(22)23)20-9-4-5-16(12-20)24-13-14-6-7-14/h8,14,16-17H,4-7,9-13H2,1-3H3,(H,22,23). The molecule has 5 heteroatoms. The van der Waals surface area contributed by atoms with Gasteiger partial charge in [-0.1, -0.05) is 20.8 Å². The smallest absolute Gasteiger partial charge is 0.407 e. The summed E-state index contributed by atoms with van der Waals surface area (Å²) >= 11 is 0. The summed E-state index contributed by atoms with van der Waals surface area (Å²) in [6, 6.07) is 0.0303. The molecule has 3 rings (SSSR count). The lowest BCUT2D eigenvalue weighted by molar-refractivity contribution is -0.00103. The van der Waals surface area contributed by atoms with Gasteiger partial charge in [-0.05, 0) is 43.1 Å². The molecule has 136 valence electrons. The molecule has 1 saturated heterocycles. The summed E-state index contributed by atoms with van der Waals surface area (Å²) in [5, 5.41) is 9.50. The van der Waals surface area contributed by atoms with E-state index in [1.807, 2.05) is 0 Å². The van der Waals surface area contributed by atoms with Crippen LogP contribution in [-0.4, -0.2) is 59.4 Å². The molecule has 2 fully saturated rings. The fourth-order valence-electron chi connectivity index (χ4n) is 3.86. The average Bonchev–Trinajstić information content (AvgIpc) is 3.36. The highest BCUT2D eigenvalue weighted by atomic mass is 16.5. The molecule has 1 amide bonds. The number of likely N-dealkylation sites (tertiary alicyclic amines) is 1. The van der Waals surface area contributed by atoms with Crippen molar-refractivity contribution in [2.45, 2.75) is 65.0 Å². The third-order valence-electron chi connectivity index (χ3n) is 5.60. The number of carboxylic acid groups (broad SMARTS) is 1. The molecule has 2 aliphatic heterocycles. The van der Waals surface area contributed by atoms with Crippen LogP contribution >= 0.6 is 0 Å². The van der Waals surface area contributed by atoms with Gasteiger partial charge in [-0.15, -0.1) is 0 Å². The number of carbonyl (C=O) groups is 1. The minimum atomic E-state index is -0.811. The van der Waals surface area contributed by atoms with Crippen molar-refractivity contribution >= 4 is 6.09 Å². The largest absolute Gasteiger partial charge is 0.465 e. The lowest BCUT2D eigenvalue weighted by Crippen LogP contribution is -2.51. The van der Waals surface area contributed by atoms with E-state index in [1.54, 1.807) is 4.90 Å². The molecule has 1 aliphatic carbocycles. The van der Waals surface area contributed by atoms with Crippen LogP contribution in [0.1, 0.15) is 52.9 Å². The Morgan fingerprint density at radius 3 is 2.71 bits per heavy atom. The maximum Gasteiger partial charge on any atom is 0.407 e. The number of rotatable bonds is 4. The molecule has 1 N–H and O–H groups in total. The highest BCUT2D eigenvalue weighted by Crippen LogP contribution is 2.35. The zero-order valence-electron chi connectivity index (χ0n) is 15.3. The van der Waals surface area contributed by atoms with Crippen molar-refractivity contribution in [3.8, 4) is 0 Å². The molecular weight excluding hydrogens is 304 g/mol. The van der Waals surface area contributed by atoms with E-state index < -0.39 is 6.09 Å². The molecule has 5 nitrogen and oxygen atoms in total. The predicted molar refractivity (Wildman–Crippen MR) is 93.9 cm³/mol. The van der Waals surface area contributed by atoms with Crippen LogP contribution in [-0.2, 0) is 4.74 Å². The van der Waals surface area contributed by atoms with Gasteiger partial charge in [0.15, 0.2) is 0 Å². The van der Waals surface area contributed by atoms with Gasteiger partial charge >= 0.3 is 6.09 Å². The van der Waals surface area contributed by atoms with Crippen molar-refractivity contribution in [1.29, 1.82) is 0 Å². The maximum atomic E-state index is 11.6. The summed E-state index contributed by atoms with van der Waals surface area (Å²) in [7, 11) is 0. The van der Waals surface area contributed by atoms with Gasteiger partial charge in [0, 0.05) is 44.4 Å². The van der Waals surface area contributed by atoms with Gasteiger partial charge in [-0.3, -0.25) is 0 Å². The summed E-state index contributed by atoms with van der Waals surface area (Å²) in [6.07, 6.45) is 7.43. The Hall–Kier alpha value is -1.23. The number of hydrogen-bond donors (Lipinski definition) is 1. The van der Waals surface area contributed by atoms with Crippen molar-refractivity contribution in [3.63, 3.8) is 0 Å². The normalized spacial score (nSPS) is 28.7. The number of hydrogen-bond acceptors (Lipinski definition) is 3. The summed E-state index contributed by atoms with van der Waals surface area (Å²) in [5.74, 6) is 0.809. The topological polar surface area (TPSA) is 53.0 Å². The number of nitrogens with zero attached hydrogens (tertiary/aromatic N) is 2. The van der Waals surface area contributed by atoms with Crippen molar-refractivity contribution in [3.05, 3.63) is 11.8 Å². The minimum Gasteiger partial charge on any atom is -0.465 e. The average molecular weight is 336 g/mol. The molecular formula is C19H32N2O3. The first-order chi connectivity index (χ1) is 11.3. The third kappa shape index (κ3) is 4.24.